The van der Waals surface area contributed by atoms with Gasteiger partial charge in [0.1, 0.15) is 16.9 Å². The summed E-state index contributed by atoms with van der Waals surface area (Å²) in [5, 5.41) is 10.1. The van der Waals surface area contributed by atoms with Crippen molar-refractivity contribution >= 4 is 20.9 Å². The summed E-state index contributed by atoms with van der Waals surface area (Å²) in [5.74, 6) is 0. The summed E-state index contributed by atoms with van der Waals surface area (Å²) in [6.45, 7) is 2.41. The fraction of sp³-hybridized carbons (Fsp3) is 0.278. The standard InChI is InChI=1S/C18H16N2O3S/c1-18(8-5-13(6-9-18)16-12-23-16)24(21,22)20-10-7-14-3-2-4-15(11-19)17(14)20/h2-8,10,16H,9,12H2,1H3. The van der Waals surface area contributed by atoms with Crippen LogP contribution in [0, 0.1) is 11.3 Å². The first-order valence-corrected chi connectivity index (χ1v) is 9.16. The lowest BCUT2D eigenvalue weighted by Gasteiger charge is -2.28. The highest BCUT2D eigenvalue weighted by Gasteiger charge is 2.41. The number of epoxide rings is 1. The molecule has 1 aliphatic heterocycles. The Balaban J connectivity index is 1.82. The summed E-state index contributed by atoms with van der Waals surface area (Å²) < 4.78 is 32.0. The van der Waals surface area contributed by atoms with Crippen LogP contribution in [-0.4, -0.2) is 29.8 Å². The van der Waals surface area contributed by atoms with Gasteiger partial charge in [-0.1, -0.05) is 30.4 Å². The van der Waals surface area contributed by atoms with Crippen LogP contribution in [0.5, 0.6) is 0 Å². The van der Waals surface area contributed by atoms with Crippen molar-refractivity contribution in [2.24, 2.45) is 0 Å². The van der Waals surface area contributed by atoms with Crippen molar-refractivity contribution in [3.05, 3.63) is 59.8 Å². The van der Waals surface area contributed by atoms with Gasteiger partial charge < -0.3 is 4.74 Å². The number of aromatic nitrogens is 1. The molecule has 1 saturated heterocycles. The molecule has 24 heavy (non-hydrogen) atoms. The van der Waals surface area contributed by atoms with E-state index in [1.165, 1.54) is 10.2 Å². The van der Waals surface area contributed by atoms with Gasteiger partial charge in [-0.15, -0.1) is 0 Å². The zero-order valence-electron chi connectivity index (χ0n) is 13.1. The summed E-state index contributed by atoms with van der Waals surface area (Å²) in [6.07, 6.45) is 7.55. The van der Waals surface area contributed by atoms with E-state index in [4.69, 9.17) is 4.74 Å². The largest absolute Gasteiger partial charge is 0.368 e. The molecule has 122 valence electrons. The number of ether oxygens (including phenoxy) is 1. The maximum Gasteiger partial charge on any atom is 0.248 e. The van der Waals surface area contributed by atoms with Gasteiger partial charge in [-0.25, -0.2) is 12.4 Å². The maximum atomic E-state index is 13.3. The van der Waals surface area contributed by atoms with Crippen molar-refractivity contribution < 1.29 is 13.2 Å². The summed E-state index contributed by atoms with van der Waals surface area (Å²) in [5.41, 5.74) is 1.83. The number of nitrogens with zero attached hydrogens (tertiary/aromatic N) is 2. The number of hydrogen-bond donors (Lipinski definition) is 0. The van der Waals surface area contributed by atoms with Gasteiger partial charge >= 0.3 is 0 Å². The van der Waals surface area contributed by atoms with E-state index >= 15 is 0 Å². The normalized spacial score (nSPS) is 26.2. The molecule has 2 heterocycles. The van der Waals surface area contributed by atoms with E-state index in [1.54, 1.807) is 31.2 Å². The Bertz CT molecular complexity index is 1040. The molecular weight excluding hydrogens is 324 g/mol. The van der Waals surface area contributed by atoms with Gasteiger partial charge in [0.15, 0.2) is 0 Å². The number of benzene rings is 1. The van der Waals surface area contributed by atoms with E-state index in [1.807, 2.05) is 18.2 Å². The van der Waals surface area contributed by atoms with Crippen molar-refractivity contribution in [3.8, 4) is 6.07 Å². The number of para-hydroxylation sites is 1. The predicted octanol–water partition coefficient (Wildman–Crippen LogP) is 2.73. The van der Waals surface area contributed by atoms with E-state index in [0.717, 1.165) is 11.0 Å². The average Bonchev–Trinajstić information content (AvgIpc) is 3.33. The third-order valence-corrected chi connectivity index (χ3v) is 7.03. The predicted molar refractivity (Wildman–Crippen MR) is 91.0 cm³/mol. The maximum absolute atomic E-state index is 13.3. The van der Waals surface area contributed by atoms with E-state index < -0.39 is 14.8 Å². The van der Waals surface area contributed by atoms with Crippen LogP contribution in [0.2, 0.25) is 0 Å². The average molecular weight is 340 g/mol. The number of nitriles is 1. The summed E-state index contributed by atoms with van der Waals surface area (Å²) >= 11 is 0. The van der Waals surface area contributed by atoms with Gasteiger partial charge in [0, 0.05) is 11.6 Å². The fourth-order valence-electron chi connectivity index (χ4n) is 3.08. The molecular formula is C18H16N2O3S. The Kier molecular flexibility index (Phi) is 3.21. The molecule has 2 unspecified atom stereocenters. The number of fused-ring (bicyclic) bond motifs is 1. The van der Waals surface area contributed by atoms with Crippen molar-refractivity contribution in [1.29, 1.82) is 5.26 Å². The number of allylic oxidation sites excluding steroid dienone is 1. The lowest BCUT2D eigenvalue weighted by molar-refractivity contribution is 0.433. The highest BCUT2D eigenvalue weighted by molar-refractivity contribution is 7.91. The van der Waals surface area contributed by atoms with Crippen LogP contribution in [0.25, 0.3) is 10.9 Å². The van der Waals surface area contributed by atoms with E-state index in [2.05, 4.69) is 6.07 Å². The Morgan fingerprint density at radius 2 is 2.17 bits per heavy atom. The van der Waals surface area contributed by atoms with Gasteiger partial charge in [-0.3, -0.25) is 0 Å². The van der Waals surface area contributed by atoms with E-state index in [-0.39, 0.29) is 6.10 Å². The quantitative estimate of drug-likeness (QED) is 0.805. The van der Waals surface area contributed by atoms with Gasteiger partial charge in [-0.05, 0) is 31.1 Å². The molecule has 0 radical (unpaired) electrons. The molecule has 1 aromatic carbocycles. The molecule has 0 N–H and O–H groups in total. The molecule has 0 bridgehead atoms. The van der Waals surface area contributed by atoms with Crippen LogP contribution < -0.4 is 0 Å². The fourth-order valence-corrected chi connectivity index (χ4v) is 4.73. The van der Waals surface area contributed by atoms with E-state index in [0.29, 0.717) is 24.1 Å². The van der Waals surface area contributed by atoms with Gasteiger partial charge in [0.05, 0.1) is 17.7 Å². The van der Waals surface area contributed by atoms with Gasteiger partial charge in [0.2, 0.25) is 10.0 Å². The molecule has 4 rings (SSSR count). The Labute approximate surface area is 140 Å². The highest BCUT2D eigenvalue weighted by atomic mass is 32.2. The molecule has 5 nitrogen and oxygen atoms in total. The van der Waals surface area contributed by atoms with Crippen LogP contribution in [0.4, 0.5) is 0 Å². The van der Waals surface area contributed by atoms with Crippen LogP contribution in [0.3, 0.4) is 0 Å². The molecule has 2 atom stereocenters. The second-order valence-electron chi connectivity index (χ2n) is 6.35. The molecule has 6 heteroatoms. The van der Waals surface area contributed by atoms with Crippen molar-refractivity contribution in [2.45, 2.75) is 24.2 Å². The minimum atomic E-state index is -3.71. The summed E-state index contributed by atoms with van der Waals surface area (Å²) in [4.78, 5) is 0. The number of rotatable bonds is 3. The molecule has 0 saturated carbocycles. The topological polar surface area (TPSA) is 75.4 Å². The number of hydrogen-bond acceptors (Lipinski definition) is 4. The minimum absolute atomic E-state index is 0.117. The van der Waals surface area contributed by atoms with Gasteiger partial charge in [-0.2, -0.15) is 5.26 Å². The lowest BCUT2D eigenvalue weighted by Crippen LogP contribution is -2.38. The zero-order chi connectivity index (χ0) is 16.9. The first-order chi connectivity index (χ1) is 11.5. The first kappa shape index (κ1) is 15.2. The molecule has 0 amide bonds. The lowest BCUT2D eigenvalue weighted by atomic mass is 9.96. The SMILES string of the molecule is CC1(S(=O)(=O)n2ccc3cccc(C#N)c32)C=CC(C2CO2)=CC1. The summed E-state index contributed by atoms with van der Waals surface area (Å²) in [6, 6.07) is 9.01. The highest BCUT2D eigenvalue weighted by Crippen LogP contribution is 2.35. The Morgan fingerprint density at radius 3 is 2.79 bits per heavy atom. The zero-order valence-corrected chi connectivity index (χ0v) is 14.0. The van der Waals surface area contributed by atoms with Crippen molar-refractivity contribution in [1.82, 2.24) is 3.97 Å². The molecule has 1 aromatic heterocycles. The molecule has 2 aliphatic rings. The van der Waals surface area contributed by atoms with Crippen LogP contribution in [0.1, 0.15) is 18.9 Å². The third kappa shape index (κ3) is 2.13. The Morgan fingerprint density at radius 1 is 1.38 bits per heavy atom. The molecule has 1 fully saturated rings. The molecule has 2 aromatic rings. The van der Waals surface area contributed by atoms with E-state index in [9.17, 15) is 13.7 Å². The monoisotopic (exact) mass is 340 g/mol. The minimum Gasteiger partial charge on any atom is -0.368 e. The first-order valence-electron chi connectivity index (χ1n) is 7.72. The second kappa shape index (κ2) is 5.07. The summed E-state index contributed by atoms with van der Waals surface area (Å²) in [7, 11) is -3.71. The van der Waals surface area contributed by atoms with Crippen LogP contribution in [-0.2, 0) is 14.8 Å². The molecule has 0 spiro atoms. The van der Waals surface area contributed by atoms with Crippen molar-refractivity contribution in [2.75, 3.05) is 6.61 Å². The smallest absolute Gasteiger partial charge is 0.248 e. The molecule has 1 aliphatic carbocycles. The Hall–Kier alpha value is -2.36. The third-order valence-electron chi connectivity index (χ3n) is 4.72. The second-order valence-corrected chi connectivity index (χ2v) is 8.62. The van der Waals surface area contributed by atoms with Crippen molar-refractivity contribution in [3.63, 3.8) is 0 Å². The van der Waals surface area contributed by atoms with Gasteiger partial charge in [0.25, 0.3) is 0 Å². The van der Waals surface area contributed by atoms with Crippen LogP contribution in [0.15, 0.2) is 54.3 Å². The van der Waals surface area contributed by atoms with Crippen LogP contribution >= 0.6 is 0 Å².